The monoisotopic (exact) mass is 430 g/mol. The molecule has 0 bridgehead atoms. The van der Waals surface area contributed by atoms with E-state index in [-0.39, 0.29) is 37.9 Å². The fraction of sp³-hybridized carbons (Fsp3) is 0.600. The summed E-state index contributed by atoms with van der Waals surface area (Å²) in [5.41, 5.74) is 1.16. The molecule has 10 heteroatoms. The zero-order chi connectivity index (χ0) is 22.2. The third-order valence-electron chi connectivity index (χ3n) is 4.20. The van der Waals surface area contributed by atoms with Crippen molar-refractivity contribution >= 4 is 11.9 Å². The quantitative estimate of drug-likeness (QED) is 0.195. The zero-order valence-corrected chi connectivity index (χ0v) is 16.9. The maximum atomic E-state index is 11.7. The zero-order valence-electron chi connectivity index (χ0n) is 16.9. The lowest BCUT2D eigenvalue weighted by atomic mass is 9.92. The number of hydrogen-bond acceptors (Lipinski definition) is 8. The fourth-order valence-corrected chi connectivity index (χ4v) is 2.85. The number of aryl methyl sites for hydroxylation is 1. The molecule has 0 spiro atoms. The molecule has 0 unspecified atom stereocenters. The summed E-state index contributed by atoms with van der Waals surface area (Å²) in [5.74, 6) is -2.36. The number of ether oxygens (including phenoxy) is 4. The SMILES string of the molecule is O=C(O)c1cc(CCCOCCOCO)c(CCCOCCOCO)c(C(=O)O)c1. The summed E-state index contributed by atoms with van der Waals surface area (Å²) in [7, 11) is 0. The van der Waals surface area contributed by atoms with E-state index in [2.05, 4.69) is 0 Å². The van der Waals surface area contributed by atoms with Crippen molar-refractivity contribution < 1.29 is 49.0 Å². The highest BCUT2D eigenvalue weighted by molar-refractivity contribution is 5.95. The summed E-state index contributed by atoms with van der Waals surface area (Å²) >= 11 is 0. The van der Waals surface area contributed by atoms with Gasteiger partial charge in [-0.25, -0.2) is 9.59 Å². The van der Waals surface area contributed by atoms with Crippen LogP contribution in [0.4, 0.5) is 0 Å². The summed E-state index contributed by atoms with van der Waals surface area (Å²) in [6, 6.07) is 2.69. The van der Waals surface area contributed by atoms with Crippen molar-refractivity contribution in [2.75, 3.05) is 53.2 Å². The van der Waals surface area contributed by atoms with Crippen LogP contribution in [-0.4, -0.2) is 85.6 Å². The van der Waals surface area contributed by atoms with Crippen LogP contribution in [0.1, 0.15) is 44.7 Å². The molecule has 0 amide bonds. The van der Waals surface area contributed by atoms with Crippen LogP contribution < -0.4 is 0 Å². The number of carboxylic acids is 2. The van der Waals surface area contributed by atoms with E-state index in [0.29, 0.717) is 63.2 Å². The Morgan fingerprint density at radius 2 is 1.23 bits per heavy atom. The number of carbonyl (C=O) groups is 2. The van der Waals surface area contributed by atoms with Gasteiger partial charge in [-0.15, -0.1) is 0 Å². The Balaban J connectivity index is 2.75. The largest absolute Gasteiger partial charge is 0.478 e. The van der Waals surface area contributed by atoms with E-state index >= 15 is 0 Å². The third-order valence-corrected chi connectivity index (χ3v) is 4.20. The van der Waals surface area contributed by atoms with Crippen molar-refractivity contribution in [1.82, 2.24) is 0 Å². The van der Waals surface area contributed by atoms with Gasteiger partial charge >= 0.3 is 11.9 Å². The first-order valence-electron chi connectivity index (χ1n) is 9.66. The third kappa shape index (κ3) is 10.1. The molecule has 0 saturated heterocycles. The Kier molecular flexibility index (Phi) is 13.6. The maximum Gasteiger partial charge on any atom is 0.335 e. The van der Waals surface area contributed by atoms with Gasteiger partial charge in [0.15, 0.2) is 0 Å². The minimum absolute atomic E-state index is 0.0224. The molecule has 0 aromatic heterocycles. The predicted molar refractivity (Wildman–Crippen MR) is 105 cm³/mol. The molecule has 170 valence electrons. The Bertz CT molecular complexity index is 647. The molecule has 0 radical (unpaired) electrons. The van der Waals surface area contributed by atoms with Crippen molar-refractivity contribution in [3.05, 3.63) is 34.4 Å². The van der Waals surface area contributed by atoms with E-state index in [1.807, 2.05) is 0 Å². The minimum Gasteiger partial charge on any atom is -0.478 e. The average molecular weight is 430 g/mol. The average Bonchev–Trinajstić information content (AvgIpc) is 2.72. The number of aliphatic hydroxyl groups is 2. The first-order chi connectivity index (χ1) is 14.5. The van der Waals surface area contributed by atoms with Gasteiger partial charge in [-0.05, 0) is 48.9 Å². The molecule has 10 nitrogen and oxygen atoms in total. The van der Waals surface area contributed by atoms with E-state index in [1.54, 1.807) is 0 Å². The van der Waals surface area contributed by atoms with Crippen molar-refractivity contribution in [2.24, 2.45) is 0 Å². The van der Waals surface area contributed by atoms with E-state index in [1.165, 1.54) is 12.1 Å². The second-order valence-electron chi connectivity index (χ2n) is 6.28. The lowest BCUT2D eigenvalue weighted by molar-refractivity contribution is -0.0295. The van der Waals surface area contributed by atoms with Crippen LogP contribution in [0.15, 0.2) is 12.1 Å². The summed E-state index contributed by atoms with van der Waals surface area (Å²) in [6.07, 6.45) is 2.00. The molecular formula is C20H30O10. The minimum atomic E-state index is -1.19. The van der Waals surface area contributed by atoms with Gasteiger partial charge in [0.2, 0.25) is 0 Å². The van der Waals surface area contributed by atoms with Crippen molar-refractivity contribution in [3.63, 3.8) is 0 Å². The summed E-state index contributed by atoms with van der Waals surface area (Å²) in [5, 5.41) is 35.9. The molecule has 0 heterocycles. The number of rotatable bonds is 18. The summed E-state index contributed by atoms with van der Waals surface area (Å²) < 4.78 is 20.3. The molecular weight excluding hydrogens is 400 g/mol. The second kappa shape index (κ2) is 15.7. The molecule has 1 aromatic carbocycles. The van der Waals surface area contributed by atoms with Crippen LogP contribution in [0.2, 0.25) is 0 Å². The number of aromatic carboxylic acids is 2. The van der Waals surface area contributed by atoms with Gasteiger partial charge in [0, 0.05) is 13.2 Å². The normalized spacial score (nSPS) is 11.0. The summed E-state index contributed by atoms with van der Waals surface area (Å²) in [4.78, 5) is 23.1. The van der Waals surface area contributed by atoms with Gasteiger partial charge in [0.25, 0.3) is 0 Å². The number of carboxylic acid groups (broad SMARTS) is 2. The first kappa shape index (κ1) is 26.0. The fourth-order valence-electron chi connectivity index (χ4n) is 2.85. The Hall–Kier alpha value is -2.08. The van der Waals surface area contributed by atoms with E-state index in [9.17, 15) is 19.8 Å². The standard InChI is InChI=1S/C20H30O10/c21-13-29-9-7-27-5-1-3-15-11-16(19(23)24)12-18(20(25)26)17(15)4-2-6-28-8-10-30-14-22/h11-12,21-22H,1-10,13-14H2,(H,23,24)(H,25,26). The van der Waals surface area contributed by atoms with Gasteiger partial charge in [-0.2, -0.15) is 0 Å². The molecule has 0 aliphatic rings. The first-order valence-corrected chi connectivity index (χ1v) is 9.66. The van der Waals surface area contributed by atoms with Crippen molar-refractivity contribution in [2.45, 2.75) is 25.7 Å². The topological polar surface area (TPSA) is 152 Å². The van der Waals surface area contributed by atoms with Crippen LogP contribution >= 0.6 is 0 Å². The number of aliphatic hydroxyl groups excluding tert-OH is 2. The van der Waals surface area contributed by atoms with Gasteiger partial charge in [0.05, 0.1) is 37.6 Å². The number of hydrogen-bond donors (Lipinski definition) is 4. The Labute approximate surface area is 174 Å². The van der Waals surface area contributed by atoms with Crippen LogP contribution in [0.3, 0.4) is 0 Å². The van der Waals surface area contributed by atoms with Crippen LogP contribution in [0.5, 0.6) is 0 Å². The van der Waals surface area contributed by atoms with E-state index < -0.39 is 11.9 Å². The highest BCUT2D eigenvalue weighted by Gasteiger charge is 2.18. The van der Waals surface area contributed by atoms with Crippen LogP contribution in [0, 0.1) is 0 Å². The lowest BCUT2D eigenvalue weighted by Gasteiger charge is -2.15. The molecule has 0 aliphatic carbocycles. The molecule has 30 heavy (non-hydrogen) atoms. The van der Waals surface area contributed by atoms with Crippen LogP contribution in [-0.2, 0) is 31.8 Å². The van der Waals surface area contributed by atoms with E-state index in [0.717, 1.165) is 0 Å². The summed E-state index contributed by atoms with van der Waals surface area (Å²) in [6.45, 7) is 1.19. The lowest BCUT2D eigenvalue weighted by Crippen LogP contribution is -2.12. The Morgan fingerprint density at radius 3 is 1.73 bits per heavy atom. The van der Waals surface area contributed by atoms with E-state index in [4.69, 9.17) is 29.2 Å². The molecule has 1 rings (SSSR count). The smallest absolute Gasteiger partial charge is 0.335 e. The van der Waals surface area contributed by atoms with Crippen molar-refractivity contribution in [3.8, 4) is 0 Å². The number of benzene rings is 1. The van der Waals surface area contributed by atoms with Gasteiger partial charge < -0.3 is 39.4 Å². The maximum absolute atomic E-state index is 11.7. The molecule has 0 atom stereocenters. The van der Waals surface area contributed by atoms with Gasteiger partial charge in [-0.3, -0.25) is 0 Å². The van der Waals surface area contributed by atoms with Crippen molar-refractivity contribution in [1.29, 1.82) is 0 Å². The highest BCUT2D eigenvalue weighted by Crippen LogP contribution is 2.22. The van der Waals surface area contributed by atoms with Crippen LogP contribution in [0.25, 0.3) is 0 Å². The van der Waals surface area contributed by atoms with Gasteiger partial charge in [0.1, 0.15) is 13.6 Å². The molecule has 4 N–H and O–H groups in total. The molecule has 1 aromatic rings. The van der Waals surface area contributed by atoms with Gasteiger partial charge in [-0.1, -0.05) is 0 Å². The Morgan fingerprint density at radius 1 is 0.700 bits per heavy atom. The molecule has 0 aliphatic heterocycles. The molecule has 0 fully saturated rings. The molecule has 0 saturated carbocycles. The predicted octanol–water partition coefficient (Wildman–Crippen LogP) is 0.914. The highest BCUT2D eigenvalue weighted by atomic mass is 16.6. The second-order valence-corrected chi connectivity index (χ2v) is 6.28.